The summed E-state index contributed by atoms with van der Waals surface area (Å²) < 4.78 is 11.0. The Labute approximate surface area is 149 Å². The lowest BCUT2D eigenvalue weighted by molar-refractivity contribution is 0.310. The number of rotatable bonds is 6. The number of aryl methyl sites for hydroxylation is 2. The molecule has 8 nitrogen and oxygen atoms in total. The molecule has 0 radical (unpaired) electrons. The third-order valence-corrected chi connectivity index (χ3v) is 4.42. The van der Waals surface area contributed by atoms with Crippen LogP contribution in [0.5, 0.6) is 11.5 Å². The van der Waals surface area contributed by atoms with Crippen molar-refractivity contribution in [2.24, 2.45) is 0 Å². The molecule has 0 spiro atoms. The molecule has 0 unspecified atom stereocenters. The van der Waals surface area contributed by atoms with Crippen molar-refractivity contribution in [2.75, 3.05) is 13.7 Å². The molecule has 0 aliphatic rings. The Balaban J connectivity index is 2.27. The fraction of sp³-hybridized carbons (Fsp3) is 0.333. The summed E-state index contributed by atoms with van der Waals surface area (Å²) in [7, 11) is 1.57. The monoisotopic (exact) mass is 358 g/mol. The second kappa shape index (κ2) is 6.99. The van der Waals surface area contributed by atoms with Crippen LogP contribution in [0.3, 0.4) is 0 Å². The molecule has 138 valence electrons. The molecule has 3 aromatic rings. The van der Waals surface area contributed by atoms with Gasteiger partial charge in [-0.05, 0) is 38.5 Å². The minimum Gasteiger partial charge on any atom is -0.493 e. The lowest BCUT2D eigenvalue weighted by Gasteiger charge is -2.18. The number of H-pyrrole nitrogens is 4. The lowest BCUT2D eigenvalue weighted by atomic mass is 9.85. The van der Waals surface area contributed by atoms with Crippen LogP contribution in [-0.2, 0) is 0 Å². The Morgan fingerprint density at radius 1 is 0.923 bits per heavy atom. The highest BCUT2D eigenvalue weighted by molar-refractivity contribution is 5.50. The topological polar surface area (TPSA) is 116 Å². The number of hydrogen-bond donors (Lipinski definition) is 4. The van der Waals surface area contributed by atoms with Gasteiger partial charge >= 0.3 is 0 Å². The molecule has 0 amide bonds. The Kier molecular flexibility index (Phi) is 4.75. The largest absolute Gasteiger partial charge is 0.493 e. The zero-order chi connectivity index (χ0) is 18.8. The van der Waals surface area contributed by atoms with Crippen LogP contribution >= 0.6 is 0 Å². The zero-order valence-corrected chi connectivity index (χ0v) is 15.1. The van der Waals surface area contributed by atoms with E-state index in [-0.39, 0.29) is 11.1 Å². The maximum absolute atomic E-state index is 12.4. The first-order valence-corrected chi connectivity index (χ1v) is 8.32. The summed E-state index contributed by atoms with van der Waals surface area (Å²) in [6.45, 7) is 5.94. The number of nitrogens with one attached hydrogen (secondary N) is 4. The van der Waals surface area contributed by atoms with E-state index in [9.17, 15) is 9.59 Å². The maximum atomic E-state index is 12.4. The van der Waals surface area contributed by atoms with E-state index in [2.05, 4.69) is 20.4 Å². The Hall–Kier alpha value is -3.16. The average molecular weight is 358 g/mol. The Morgan fingerprint density at radius 2 is 1.50 bits per heavy atom. The zero-order valence-electron chi connectivity index (χ0n) is 15.1. The summed E-state index contributed by atoms with van der Waals surface area (Å²) in [4.78, 5) is 24.9. The molecule has 0 saturated carbocycles. The standard InChI is InChI=1S/C18H22N4O4/c1-5-26-13-8-11(6-7-12(13)25-4)16(14-9(2)19-21-17(14)23)15-10(3)20-22-18(15)24/h6-8,16H,5H2,1-4H3,(H2,19,21,23)(H2,20,22,24). The fourth-order valence-corrected chi connectivity index (χ4v) is 3.22. The van der Waals surface area contributed by atoms with E-state index in [4.69, 9.17) is 9.47 Å². The number of ether oxygens (including phenoxy) is 2. The number of aromatic amines is 4. The van der Waals surface area contributed by atoms with Gasteiger partial charge in [0, 0.05) is 17.3 Å². The van der Waals surface area contributed by atoms with E-state index in [1.165, 1.54) is 0 Å². The van der Waals surface area contributed by atoms with Crippen molar-refractivity contribution in [3.05, 3.63) is 67.0 Å². The van der Waals surface area contributed by atoms with Gasteiger partial charge in [0.25, 0.3) is 11.1 Å². The van der Waals surface area contributed by atoms with Crippen molar-refractivity contribution < 1.29 is 9.47 Å². The smallest absolute Gasteiger partial charge is 0.268 e. The molecular weight excluding hydrogens is 336 g/mol. The van der Waals surface area contributed by atoms with Gasteiger partial charge in [0.1, 0.15) is 0 Å². The molecule has 1 aromatic carbocycles. The number of hydrogen-bond acceptors (Lipinski definition) is 4. The van der Waals surface area contributed by atoms with Gasteiger partial charge in [0.15, 0.2) is 11.5 Å². The van der Waals surface area contributed by atoms with Crippen molar-refractivity contribution in [1.82, 2.24) is 20.4 Å². The molecule has 0 fully saturated rings. The molecule has 2 aromatic heterocycles. The third-order valence-electron chi connectivity index (χ3n) is 4.42. The van der Waals surface area contributed by atoms with Crippen molar-refractivity contribution in [2.45, 2.75) is 26.7 Å². The SMILES string of the molecule is CCOc1cc(C(c2c(C)[nH][nH]c2=O)c2c(C)[nH][nH]c2=O)ccc1OC. The van der Waals surface area contributed by atoms with E-state index >= 15 is 0 Å². The Bertz CT molecular complexity index is 970. The molecule has 0 bridgehead atoms. The molecule has 0 atom stereocenters. The molecule has 26 heavy (non-hydrogen) atoms. The molecular formula is C18H22N4O4. The van der Waals surface area contributed by atoms with E-state index in [0.717, 1.165) is 5.56 Å². The van der Waals surface area contributed by atoms with Crippen LogP contribution < -0.4 is 20.6 Å². The third kappa shape index (κ3) is 2.94. The second-order valence-electron chi connectivity index (χ2n) is 6.01. The molecule has 0 aliphatic carbocycles. The Morgan fingerprint density at radius 3 is 1.92 bits per heavy atom. The first kappa shape index (κ1) is 17.7. The number of methoxy groups -OCH3 is 1. The van der Waals surface area contributed by atoms with Crippen LogP contribution in [0.1, 0.15) is 40.9 Å². The minimum atomic E-state index is -0.551. The van der Waals surface area contributed by atoms with E-state index < -0.39 is 5.92 Å². The minimum absolute atomic E-state index is 0.263. The van der Waals surface area contributed by atoms with E-state index in [1.807, 2.05) is 19.1 Å². The summed E-state index contributed by atoms with van der Waals surface area (Å²) in [5.41, 5.74) is 2.57. The fourth-order valence-electron chi connectivity index (χ4n) is 3.22. The predicted molar refractivity (Wildman–Crippen MR) is 97.4 cm³/mol. The summed E-state index contributed by atoms with van der Waals surface area (Å²) in [5.74, 6) is 0.602. The van der Waals surface area contributed by atoms with E-state index in [1.54, 1.807) is 27.0 Å². The highest BCUT2D eigenvalue weighted by Gasteiger charge is 2.28. The van der Waals surface area contributed by atoms with Gasteiger partial charge in [0.05, 0.1) is 24.8 Å². The highest BCUT2D eigenvalue weighted by Crippen LogP contribution is 2.36. The van der Waals surface area contributed by atoms with Crippen LogP contribution in [0.2, 0.25) is 0 Å². The summed E-state index contributed by atoms with van der Waals surface area (Å²) in [6, 6.07) is 5.42. The average Bonchev–Trinajstić information content (AvgIpc) is 3.13. The first-order chi connectivity index (χ1) is 12.5. The first-order valence-electron chi connectivity index (χ1n) is 8.32. The van der Waals surface area contributed by atoms with Gasteiger partial charge in [-0.15, -0.1) is 0 Å². The maximum Gasteiger partial charge on any atom is 0.268 e. The van der Waals surface area contributed by atoms with Gasteiger partial charge < -0.3 is 19.7 Å². The molecule has 0 saturated heterocycles. The molecule has 0 aliphatic heterocycles. The van der Waals surface area contributed by atoms with Crippen LogP contribution in [0.25, 0.3) is 0 Å². The molecule has 3 rings (SSSR count). The predicted octanol–water partition coefficient (Wildman–Crippen LogP) is 1.92. The van der Waals surface area contributed by atoms with Crippen LogP contribution in [0, 0.1) is 13.8 Å². The van der Waals surface area contributed by atoms with Crippen molar-refractivity contribution in [3.63, 3.8) is 0 Å². The molecule has 2 heterocycles. The van der Waals surface area contributed by atoms with Crippen LogP contribution in [0.15, 0.2) is 27.8 Å². The number of benzene rings is 1. The quantitative estimate of drug-likeness (QED) is 0.539. The summed E-state index contributed by atoms with van der Waals surface area (Å²) in [6.07, 6.45) is 0. The molecule has 4 N–H and O–H groups in total. The van der Waals surface area contributed by atoms with Gasteiger partial charge in [-0.2, -0.15) is 0 Å². The number of aromatic nitrogens is 4. The normalized spacial score (nSPS) is 11.1. The van der Waals surface area contributed by atoms with Crippen molar-refractivity contribution >= 4 is 0 Å². The van der Waals surface area contributed by atoms with Crippen LogP contribution in [0.4, 0.5) is 0 Å². The van der Waals surface area contributed by atoms with Gasteiger partial charge in [0.2, 0.25) is 0 Å². The second-order valence-corrected chi connectivity index (χ2v) is 6.01. The van der Waals surface area contributed by atoms with Gasteiger partial charge in [-0.1, -0.05) is 6.07 Å². The van der Waals surface area contributed by atoms with Gasteiger partial charge in [-0.3, -0.25) is 19.8 Å². The van der Waals surface area contributed by atoms with Crippen LogP contribution in [-0.4, -0.2) is 34.1 Å². The highest BCUT2D eigenvalue weighted by atomic mass is 16.5. The van der Waals surface area contributed by atoms with Crippen molar-refractivity contribution in [3.8, 4) is 11.5 Å². The summed E-state index contributed by atoms with van der Waals surface area (Å²) in [5, 5.41) is 10.9. The van der Waals surface area contributed by atoms with E-state index in [0.29, 0.717) is 40.6 Å². The summed E-state index contributed by atoms with van der Waals surface area (Å²) >= 11 is 0. The lowest BCUT2D eigenvalue weighted by Crippen LogP contribution is -2.20. The molecule has 8 heteroatoms. The van der Waals surface area contributed by atoms with Crippen molar-refractivity contribution in [1.29, 1.82) is 0 Å². The van der Waals surface area contributed by atoms with Gasteiger partial charge in [-0.25, -0.2) is 0 Å².